The van der Waals surface area contributed by atoms with Crippen molar-refractivity contribution in [3.8, 4) is 5.75 Å². The van der Waals surface area contributed by atoms with Crippen LogP contribution in [0, 0.1) is 0 Å². The first kappa shape index (κ1) is 22.9. The highest BCUT2D eigenvalue weighted by molar-refractivity contribution is 7.86. The molecule has 1 unspecified atom stereocenters. The van der Waals surface area contributed by atoms with Gasteiger partial charge in [-0.05, 0) is 52.3 Å². The smallest absolute Gasteiger partial charge is 0.331 e. The second kappa shape index (κ2) is 8.26. The van der Waals surface area contributed by atoms with Crippen LogP contribution in [0.15, 0.2) is 24.3 Å². The van der Waals surface area contributed by atoms with E-state index in [9.17, 15) is 18.0 Å². The normalized spacial score (nSPS) is 14.4. The second-order valence-electron chi connectivity index (χ2n) is 7.50. The summed E-state index contributed by atoms with van der Waals surface area (Å²) < 4.78 is 37.7. The van der Waals surface area contributed by atoms with Gasteiger partial charge in [0.15, 0.2) is 5.54 Å². The average molecular weight is 401 g/mol. The van der Waals surface area contributed by atoms with E-state index in [1.165, 1.54) is 24.3 Å². The van der Waals surface area contributed by atoms with Crippen molar-refractivity contribution in [2.24, 2.45) is 5.73 Å². The van der Waals surface area contributed by atoms with Crippen LogP contribution in [0.1, 0.15) is 46.6 Å². The number of nitrogens with two attached hydrogens (primary N) is 1. The first-order valence-electron chi connectivity index (χ1n) is 8.34. The van der Waals surface area contributed by atoms with Gasteiger partial charge >= 0.3 is 22.1 Å². The summed E-state index contributed by atoms with van der Waals surface area (Å²) in [6.07, 6.45) is 0.106. The lowest BCUT2D eigenvalue weighted by molar-refractivity contribution is -0.167. The maximum atomic E-state index is 12.7. The van der Waals surface area contributed by atoms with Crippen LogP contribution in [0.3, 0.4) is 0 Å². The third-order valence-corrected chi connectivity index (χ3v) is 3.67. The van der Waals surface area contributed by atoms with Crippen LogP contribution in [0.2, 0.25) is 0 Å². The molecule has 0 saturated carbocycles. The minimum absolute atomic E-state index is 0.0533. The lowest BCUT2D eigenvalue weighted by atomic mass is 9.87. The molecule has 1 aromatic carbocycles. The van der Waals surface area contributed by atoms with Crippen LogP contribution in [-0.4, -0.2) is 38.3 Å². The van der Waals surface area contributed by atoms with E-state index in [4.69, 9.17) is 19.4 Å². The van der Waals surface area contributed by atoms with Crippen LogP contribution in [-0.2, 0) is 34.7 Å². The van der Waals surface area contributed by atoms with Gasteiger partial charge in [-0.15, -0.1) is 0 Å². The molecule has 0 fully saturated rings. The molecule has 27 heavy (non-hydrogen) atoms. The first-order valence-corrected chi connectivity index (χ1v) is 10.2. The zero-order valence-electron chi connectivity index (χ0n) is 16.4. The Labute approximate surface area is 160 Å². The monoisotopic (exact) mass is 401 g/mol. The van der Waals surface area contributed by atoms with E-state index in [0.29, 0.717) is 0 Å². The van der Waals surface area contributed by atoms with Crippen LogP contribution in [0.25, 0.3) is 0 Å². The van der Waals surface area contributed by atoms with Gasteiger partial charge in [0, 0.05) is 0 Å². The third-order valence-electron chi connectivity index (χ3n) is 3.17. The fourth-order valence-electron chi connectivity index (χ4n) is 2.18. The molecule has 0 bridgehead atoms. The topological polar surface area (TPSA) is 122 Å². The van der Waals surface area contributed by atoms with E-state index in [-0.39, 0.29) is 17.4 Å². The lowest BCUT2D eigenvalue weighted by Gasteiger charge is -2.31. The van der Waals surface area contributed by atoms with Gasteiger partial charge in [-0.1, -0.05) is 12.1 Å². The molecule has 9 heteroatoms. The van der Waals surface area contributed by atoms with E-state index in [2.05, 4.69) is 0 Å². The quantitative estimate of drug-likeness (QED) is 0.543. The number of ether oxygens (including phenoxy) is 2. The molecule has 2 N–H and O–H groups in total. The van der Waals surface area contributed by atoms with E-state index in [1.807, 2.05) is 0 Å². The SMILES string of the molecule is CC(C)OC(=O)CC(N)(C(=O)OC(C)(C)C)c1ccc(OS(C)(=O)=O)cc1. The van der Waals surface area contributed by atoms with E-state index < -0.39 is 39.6 Å². The Bertz CT molecular complexity index is 779. The van der Waals surface area contributed by atoms with Crippen LogP contribution in [0.5, 0.6) is 5.75 Å². The Kier molecular flexibility index (Phi) is 7.01. The molecule has 0 heterocycles. The minimum atomic E-state index is -3.70. The van der Waals surface area contributed by atoms with Gasteiger partial charge < -0.3 is 19.4 Å². The molecular weight excluding hydrogens is 374 g/mol. The third kappa shape index (κ3) is 7.56. The molecule has 0 amide bonds. The van der Waals surface area contributed by atoms with Crippen LogP contribution < -0.4 is 9.92 Å². The van der Waals surface area contributed by atoms with E-state index in [1.54, 1.807) is 34.6 Å². The van der Waals surface area contributed by atoms with Crippen molar-refractivity contribution in [1.29, 1.82) is 0 Å². The number of hydrogen-bond donors (Lipinski definition) is 1. The standard InChI is InChI=1S/C18H27NO7S/c1-12(2)24-15(20)11-18(19,16(21)25-17(3,4)5)13-7-9-14(10-8-13)26-27(6,22)23/h7-10,12H,11,19H2,1-6H3. The molecule has 0 aliphatic rings. The number of hydrogen-bond acceptors (Lipinski definition) is 8. The molecule has 0 radical (unpaired) electrons. The van der Waals surface area contributed by atoms with Crippen molar-refractivity contribution in [2.45, 2.75) is 58.3 Å². The van der Waals surface area contributed by atoms with Gasteiger partial charge in [-0.3, -0.25) is 4.79 Å². The highest BCUT2D eigenvalue weighted by atomic mass is 32.2. The Morgan fingerprint density at radius 1 is 1.11 bits per heavy atom. The van der Waals surface area contributed by atoms with Crippen LogP contribution >= 0.6 is 0 Å². The van der Waals surface area contributed by atoms with Gasteiger partial charge in [0.2, 0.25) is 0 Å². The zero-order chi connectivity index (χ0) is 21.0. The molecule has 0 spiro atoms. The minimum Gasteiger partial charge on any atom is -0.463 e. The fraction of sp³-hybridized carbons (Fsp3) is 0.556. The highest BCUT2D eigenvalue weighted by Crippen LogP contribution is 2.29. The fourth-order valence-corrected chi connectivity index (χ4v) is 2.64. The molecule has 152 valence electrons. The zero-order valence-corrected chi connectivity index (χ0v) is 17.3. The summed E-state index contributed by atoms with van der Waals surface area (Å²) >= 11 is 0. The molecule has 0 aromatic heterocycles. The number of benzene rings is 1. The Balaban J connectivity index is 3.23. The summed E-state index contributed by atoms with van der Waals surface area (Å²) in [5, 5.41) is 0. The number of carbonyl (C=O) groups is 2. The van der Waals surface area contributed by atoms with Crippen molar-refractivity contribution in [3.63, 3.8) is 0 Å². The second-order valence-corrected chi connectivity index (χ2v) is 9.08. The molecule has 0 aliphatic heterocycles. The van der Waals surface area contributed by atoms with Crippen molar-refractivity contribution in [2.75, 3.05) is 6.26 Å². The van der Waals surface area contributed by atoms with Crippen LogP contribution in [0.4, 0.5) is 0 Å². The first-order chi connectivity index (χ1) is 12.1. The molecule has 8 nitrogen and oxygen atoms in total. The highest BCUT2D eigenvalue weighted by Gasteiger charge is 2.42. The maximum absolute atomic E-state index is 12.7. The predicted octanol–water partition coefficient (Wildman–Crippen LogP) is 1.86. The van der Waals surface area contributed by atoms with E-state index >= 15 is 0 Å². The van der Waals surface area contributed by atoms with Gasteiger partial charge in [0.1, 0.15) is 11.4 Å². The lowest BCUT2D eigenvalue weighted by Crippen LogP contribution is -2.50. The molecule has 1 rings (SSSR count). The Morgan fingerprint density at radius 2 is 1.63 bits per heavy atom. The summed E-state index contributed by atoms with van der Waals surface area (Å²) in [5.41, 5.74) is 3.93. The van der Waals surface area contributed by atoms with Gasteiger partial charge in [-0.2, -0.15) is 8.42 Å². The molecule has 0 aliphatic carbocycles. The Morgan fingerprint density at radius 3 is 2.04 bits per heavy atom. The van der Waals surface area contributed by atoms with Gasteiger partial charge in [-0.25, -0.2) is 4.79 Å². The summed E-state index contributed by atoms with van der Waals surface area (Å²) in [5.74, 6) is -1.40. The Hall–Kier alpha value is -2.13. The van der Waals surface area contributed by atoms with Crippen molar-refractivity contribution < 1.29 is 31.7 Å². The molecular formula is C18H27NO7S. The molecule has 0 saturated heterocycles. The number of carbonyl (C=O) groups excluding carboxylic acids is 2. The summed E-state index contributed by atoms with van der Waals surface area (Å²) in [6, 6.07) is 5.51. The van der Waals surface area contributed by atoms with Crippen molar-refractivity contribution >= 4 is 22.1 Å². The summed E-state index contributed by atoms with van der Waals surface area (Å²) in [7, 11) is -3.70. The van der Waals surface area contributed by atoms with Gasteiger partial charge in [0.25, 0.3) is 0 Å². The van der Waals surface area contributed by atoms with E-state index in [0.717, 1.165) is 6.26 Å². The largest absolute Gasteiger partial charge is 0.463 e. The van der Waals surface area contributed by atoms with Crippen molar-refractivity contribution in [3.05, 3.63) is 29.8 Å². The summed E-state index contributed by atoms with van der Waals surface area (Å²) in [4.78, 5) is 24.9. The number of rotatable bonds is 7. The van der Waals surface area contributed by atoms with Crippen molar-refractivity contribution in [1.82, 2.24) is 0 Å². The average Bonchev–Trinajstić information content (AvgIpc) is 2.43. The maximum Gasteiger partial charge on any atom is 0.331 e. The number of esters is 2. The summed E-state index contributed by atoms with van der Waals surface area (Å²) in [6.45, 7) is 8.41. The molecule has 1 atom stereocenters. The molecule has 1 aromatic rings. The van der Waals surface area contributed by atoms with Gasteiger partial charge in [0.05, 0.1) is 18.8 Å². The predicted molar refractivity (Wildman–Crippen MR) is 99.5 cm³/mol.